The van der Waals surface area contributed by atoms with Crippen molar-refractivity contribution in [2.75, 3.05) is 0 Å². The molecule has 12 heavy (non-hydrogen) atoms. The topological polar surface area (TPSA) is 3.24 Å². The molecule has 2 heterocycles. The normalized spacial score (nSPS) is 32.2. The van der Waals surface area contributed by atoms with Gasteiger partial charge in [0.15, 0.2) is 3.41 Å². The zero-order valence-corrected chi connectivity index (χ0v) is 9.47. The van der Waals surface area contributed by atoms with E-state index in [1.54, 1.807) is 11.9 Å². The van der Waals surface area contributed by atoms with Gasteiger partial charge in [0, 0.05) is 6.20 Å². The molecule has 2 aliphatic rings. The van der Waals surface area contributed by atoms with E-state index >= 15 is 0 Å². The maximum Gasteiger partial charge on any atom is 0.154 e. The van der Waals surface area contributed by atoms with E-state index in [2.05, 4.69) is 40.7 Å². The van der Waals surface area contributed by atoms with Crippen LogP contribution in [0.1, 0.15) is 0 Å². The van der Waals surface area contributed by atoms with E-state index in [4.69, 9.17) is 0 Å². The molecule has 0 saturated carbocycles. The number of thiol groups is 2. The Bertz CT molecular complexity index is 283. The Kier molecular flexibility index (Phi) is 2.46. The second-order valence-corrected chi connectivity index (χ2v) is 6.57. The van der Waals surface area contributed by atoms with Crippen LogP contribution in [0.15, 0.2) is 36.2 Å². The highest BCUT2D eigenvalue weighted by atomic mass is 33.1. The minimum atomic E-state index is -0.225. The Morgan fingerprint density at radius 1 is 1.50 bits per heavy atom. The van der Waals surface area contributed by atoms with Crippen LogP contribution in [-0.2, 0) is 0 Å². The summed E-state index contributed by atoms with van der Waals surface area (Å²) in [5.41, 5.74) is 1.18. The SMILES string of the molecule is SSC1(S)C=C2C=CC=CN2S1. The van der Waals surface area contributed by atoms with Crippen LogP contribution in [0.25, 0.3) is 0 Å². The molecule has 0 aromatic carbocycles. The molecule has 0 saturated heterocycles. The molecular weight excluding hydrogens is 226 g/mol. The number of hydrogen-bond acceptors (Lipinski definition) is 5. The average Bonchev–Trinajstić information content (AvgIpc) is 2.42. The Labute approximate surface area is 90.7 Å². The molecular formula is C7H7NS4. The summed E-state index contributed by atoms with van der Waals surface area (Å²) in [7, 11) is 1.44. The van der Waals surface area contributed by atoms with Gasteiger partial charge in [-0.2, -0.15) is 0 Å². The summed E-state index contributed by atoms with van der Waals surface area (Å²) in [5.74, 6) is 0. The molecule has 0 N–H and O–H groups in total. The lowest BCUT2D eigenvalue weighted by atomic mass is 10.3. The molecule has 0 amide bonds. The van der Waals surface area contributed by atoms with Crippen molar-refractivity contribution in [1.82, 2.24) is 4.31 Å². The molecule has 0 fully saturated rings. The van der Waals surface area contributed by atoms with Crippen LogP contribution in [0.2, 0.25) is 0 Å². The van der Waals surface area contributed by atoms with Crippen molar-refractivity contribution in [3.05, 3.63) is 36.2 Å². The van der Waals surface area contributed by atoms with Crippen LogP contribution >= 0.6 is 47.0 Å². The summed E-state index contributed by atoms with van der Waals surface area (Å²) >= 11 is 10.3. The van der Waals surface area contributed by atoms with Gasteiger partial charge in [0.05, 0.1) is 5.70 Å². The molecule has 2 rings (SSSR count). The fourth-order valence-corrected chi connectivity index (χ4v) is 3.24. The van der Waals surface area contributed by atoms with Crippen LogP contribution in [-0.4, -0.2) is 7.72 Å². The van der Waals surface area contributed by atoms with Crippen molar-refractivity contribution >= 4 is 47.0 Å². The van der Waals surface area contributed by atoms with E-state index in [1.165, 1.54) is 16.5 Å². The Morgan fingerprint density at radius 3 is 3.00 bits per heavy atom. The molecule has 0 spiro atoms. The molecule has 1 unspecified atom stereocenters. The molecule has 64 valence electrons. The van der Waals surface area contributed by atoms with Gasteiger partial charge in [-0.3, -0.25) is 4.31 Å². The molecule has 0 aromatic rings. The van der Waals surface area contributed by atoms with Crippen molar-refractivity contribution in [2.45, 2.75) is 3.41 Å². The van der Waals surface area contributed by atoms with Crippen LogP contribution in [0.3, 0.4) is 0 Å². The van der Waals surface area contributed by atoms with E-state index in [1.807, 2.05) is 18.4 Å². The van der Waals surface area contributed by atoms with Crippen molar-refractivity contribution in [3.63, 3.8) is 0 Å². The summed E-state index contributed by atoms with van der Waals surface area (Å²) in [6.45, 7) is 0. The predicted molar refractivity (Wildman–Crippen MR) is 64.1 cm³/mol. The maximum absolute atomic E-state index is 4.50. The highest BCUT2D eigenvalue weighted by Crippen LogP contribution is 2.52. The van der Waals surface area contributed by atoms with E-state index in [0.29, 0.717) is 0 Å². The van der Waals surface area contributed by atoms with Crippen LogP contribution in [0.5, 0.6) is 0 Å². The minimum Gasteiger partial charge on any atom is -0.290 e. The summed E-state index contributed by atoms with van der Waals surface area (Å²) in [6.07, 6.45) is 10.2. The largest absolute Gasteiger partial charge is 0.290 e. The smallest absolute Gasteiger partial charge is 0.154 e. The summed E-state index contributed by atoms with van der Waals surface area (Å²) in [6, 6.07) is 0. The summed E-state index contributed by atoms with van der Waals surface area (Å²) in [5, 5.41) is 0. The predicted octanol–water partition coefficient (Wildman–Crippen LogP) is 3.08. The molecule has 2 aliphatic heterocycles. The Hall–Kier alpha value is 0.420. The highest BCUT2D eigenvalue weighted by molar-refractivity contribution is 8.73. The minimum absolute atomic E-state index is 0.225. The average molecular weight is 233 g/mol. The third kappa shape index (κ3) is 1.55. The van der Waals surface area contributed by atoms with Crippen LogP contribution in [0, 0.1) is 0 Å². The van der Waals surface area contributed by atoms with Crippen LogP contribution < -0.4 is 0 Å². The first kappa shape index (κ1) is 8.99. The molecule has 0 bridgehead atoms. The number of allylic oxidation sites excluding steroid dienone is 3. The number of rotatable bonds is 1. The van der Waals surface area contributed by atoms with Gasteiger partial charge in [0.25, 0.3) is 0 Å². The van der Waals surface area contributed by atoms with Crippen molar-refractivity contribution in [2.24, 2.45) is 0 Å². The van der Waals surface area contributed by atoms with Gasteiger partial charge < -0.3 is 0 Å². The lowest BCUT2D eigenvalue weighted by molar-refractivity contribution is 0.807. The molecule has 1 nitrogen and oxygen atoms in total. The number of hydrogen-bond donors (Lipinski definition) is 2. The lowest BCUT2D eigenvalue weighted by Crippen LogP contribution is -2.06. The molecule has 0 aliphatic carbocycles. The summed E-state index contributed by atoms with van der Waals surface area (Å²) < 4.78 is 1.87. The highest BCUT2D eigenvalue weighted by Gasteiger charge is 2.34. The molecule has 5 heteroatoms. The third-order valence-electron chi connectivity index (χ3n) is 1.54. The molecule has 0 radical (unpaired) electrons. The second kappa shape index (κ2) is 3.29. The third-order valence-corrected chi connectivity index (χ3v) is 5.62. The van der Waals surface area contributed by atoms with Gasteiger partial charge in [0.2, 0.25) is 0 Å². The Balaban J connectivity index is 2.28. The van der Waals surface area contributed by atoms with Crippen molar-refractivity contribution in [1.29, 1.82) is 0 Å². The first-order chi connectivity index (χ1) is 5.73. The van der Waals surface area contributed by atoms with Gasteiger partial charge in [-0.25, -0.2) is 0 Å². The van der Waals surface area contributed by atoms with Gasteiger partial charge in [-0.1, -0.05) is 16.9 Å². The first-order valence-electron chi connectivity index (χ1n) is 3.34. The lowest BCUT2D eigenvalue weighted by Gasteiger charge is -2.20. The van der Waals surface area contributed by atoms with Gasteiger partial charge in [0.1, 0.15) is 0 Å². The van der Waals surface area contributed by atoms with Gasteiger partial charge in [-0.15, -0.1) is 24.3 Å². The standard InChI is InChI=1S/C7H7NS4/c9-7(12-10)5-6-3-1-2-4-8(6)11-7/h1-5,9-10H. The van der Waals surface area contributed by atoms with Gasteiger partial charge >= 0.3 is 0 Å². The number of fused-ring (bicyclic) bond motifs is 1. The molecule has 1 atom stereocenters. The monoisotopic (exact) mass is 233 g/mol. The quantitative estimate of drug-likeness (QED) is 0.310. The van der Waals surface area contributed by atoms with E-state index in [0.717, 1.165) is 0 Å². The van der Waals surface area contributed by atoms with E-state index < -0.39 is 0 Å². The number of nitrogens with zero attached hydrogens (tertiary/aromatic N) is 1. The van der Waals surface area contributed by atoms with Crippen molar-refractivity contribution < 1.29 is 0 Å². The first-order valence-corrected chi connectivity index (χ1v) is 6.43. The summed E-state index contributed by atoms with van der Waals surface area (Å²) in [4.78, 5) is 0. The zero-order valence-electron chi connectivity index (χ0n) is 6.04. The van der Waals surface area contributed by atoms with Crippen molar-refractivity contribution in [3.8, 4) is 0 Å². The van der Waals surface area contributed by atoms with E-state index in [9.17, 15) is 0 Å². The fraction of sp³-hybridized carbons (Fsp3) is 0.143. The Morgan fingerprint density at radius 2 is 2.33 bits per heavy atom. The van der Waals surface area contributed by atoms with E-state index in [-0.39, 0.29) is 3.41 Å². The molecule has 0 aromatic heterocycles. The van der Waals surface area contributed by atoms with Crippen LogP contribution in [0.4, 0.5) is 0 Å². The second-order valence-electron chi connectivity index (χ2n) is 2.41. The maximum atomic E-state index is 4.50. The zero-order chi connectivity index (χ0) is 8.60. The van der Waals surface area contributed by atoms with Gasteiger partial charge in [-0.05, 0) is 30.2 Å². The fourth-order valence-electron chi connectivity index (χ4n) is 1.03.